The number of phenolic OH excluding ortho intramolecular Hbond substituents is 2. The van der Waals surface area contributed by atoms with E-state index in [2.05, 4.69) is 5.32 Å². The van der Waals surface area contributed by atoms with Crippen LogP contribution in [0.1, 0.15) is 23.7 Å². The van der Waals surface area contributed by atoms with Gasteiger partial charge in [0.05, 0.1) is 0 Å². The van der Waals surface area contributed by atoms with Gasteiger partial charge < -0.3 is 15.1 Å². The summed E-state index contributed by atoms with van der Waals surface area (Å²) in [6.07, 6.45) is 0.319. The van der Waals surface area contributed by atoms with Crippen molar-refractivity contribution < 1.29 is 24.6 Å². The molecule has 1 aliphatic heterocycles. The van der Waals surface area contributed by atoms with Gasteiger partial charge in [0.2, 0.25) is 11.8 Å². The minimum absolute atomic E-state index is 0.295. The quantitative estimate of drug-likeness (QED) is 0.659. The number of hydrogen-bond acceptors (Lipinski definition) is 5. The van der Waals surface area contributed by atoms with Gasteiger partial charge in [-0.05, 0) is 18.6 Å². The van der Waals surface area contributed by atoms with Crippen molar-refractivity contribution in [3.8, 4) is 11.5 Å². The minimum Gasteiger partial charge on any atom is -0.507 e. The van der Waals surface area contributed by atoms with Crippen molar-refractivity contribution in [2.24, 2.45) is 0 Å². The number of imide groups is 1. The number of aromatic hydroxyl groups is 2. The summed E-state index contributed by atoms with van der Waals surface area (Å²) in [6, 6.07) is 3.07. The molecule has 0 bridgehead atoms. The van der Waals surface area contributed by atoms with Crippen molar-refractivity contribution in [2.75, 3.05) is 6.54 Å². The van der Waals surface area contributed by atoms with Gasteiger partial charge in [-0.15, -0.1) is 0 Å². The maximum atomic E-state index is 12.4. The molecule has 1 aliphatic rings. The van der Waals surface area contributed by atoms with Gasteiger partial charge in [0.1, 0.15) is 29.6 Å². The first kappa shape index (κ1) is 13.9. The SMILES string of the molecule is CCC1C(=O)NC(=O)CN1C(=O)c1c(O)cccc1O. The van der Waals surface area contributed by atoms with Crippen LogP contribution in [0.15, 0.2) is 18.2 Å². The van der Waals surface area contributed by atoms with Crippen molar-refractivity contribution in [3.05, 3.63) is 23.8 Å². The van der Waals surface area contributed by atoms with Crippen LogP contribution < -0.4 is 5.32 Å². The lowest BCUT2D eigenvalue weighted by molar-refractivity contribution is -0.138. The smallest absolute Gasteiger partial charge is 0.262 e. The normalized spacial score (nSPS) is 18.9. The fourth-order valence-corrected chi connectivity index (χ4v) is 2.18. The molecule has 1 saturated heterocycles. The van der Waals surface area contributed by atoms with Crippen LogP contribution in [0.4, 0.5) is 0 Å². The molecule has 20 heavy (non-hydrogen) atoms. The summed E-state index contributed by atoms with van der Waals surface area (Å²) in [5.41, 5.74) is -0.312. The molecular weight excluding hydrogens is 264 g/mol. The lowest BCUT2D eigenvalue weighted by Gasteiger charge is -2.33. The highest BCUT2D eigenvalue weighted by Gasteiger charge is 2.37. The number of amides is 3. The third-order valence-electron chi connectivity index (χ3n) is 3.14. The zero-order valence-electron chi connectivity index (χ0n) is 10.8. The molecule has 1 atom stereocenters. The molecule has 1 aromatic rings. The van der Waals surface area contributed by atoms with E-state index in [1.165, 1.54) is 18.2 Å². The Morgan fingerprint density at radius 1 is 1.35 bits per heavy atom. The Morgan fingerprint density at radius 2 is 1.95 bits per heavy atom. The average molecular weight is 278 g/mol. The van der Waals surface area contributed by atoms with Crippen LogP contribution in [-0.4, -0.2) is 45.4 Å². The van der Waals surface area contributed by atoms with E-state index in [0.29, 0.717) is 6.42 Å². The largest absolute Gasteiger partial charge is 0.507 e. The summed E-state index contributed by atoms with van der Waals surface area (Å²) < 4.78 is 0. The van der Waals surface area contributed by atoms with Crippen LogP contribution in [0.5, 0.6) is 11.5 Å². The van der Waals surface area contributed by atoms with Gasteiger partial charge in [-0.1, -0.05) is 13.0 Å². The molecule has 0 spiro atoms. The molecule has 7 nitrogen and oxygen atoms in total. The number of nitrogens with one attached hydrogen (secondary N) is 1. The lowest BCUT2D eigenvalue weighted by atomic mass is 10.1. The summed E-state index contributed by atoms with van der Waals surface area (Å²) >= 11 is 0. The molecule has 0 aliphatic carbocycles. The molecule has 7 heteroatoms. The summed E-state index contributed by atoms with van der Waals surface area (Å²) in [5, 5.41) is 21.5. The maximum Gasteiger partial charge on any atom is 0.262 e. The molecule has 0 radical (unpaired) electrons. The van der Waals surface area contributed by atoms with Crippen molar-refractivity contribution in [1.82, 2.24) is 10.2 Å². The summed E-state index contributed by atoms with van der Waals surface area (Å²) in [4.78, 5) is 36.5. The van der Waals surface area contributed by atoms with Crippen molar-refractivity contribution in [2.45, 2.75) is 19.4 Å². The Kier molecular flexibility index (Phi) is 3.60. The van der Waals surface area contributed by atoms with Crippen LogP contribution in [0.2, 0.25) is 0 Å². The van der Waals surface area contributed by atoms with Gasteiger partial charge in [-0.25, -0.2) is 0 Å². The van der Waals surface area contributed by atoms with Gasteiger partial charge in [0.25, 0.3) is 5.91 Å². The Balaban J connectivity index is 2.40. The first-order chi connectivity index (χ1) is 9.45. The Bertz CT molecular complexity index is 564. The van der Waals surface area contributed by atoms with Gasteiger partial charge >= 0.3 is 0 Å². The van der Waals surface area contributed by atoms with Gasteiger partial charge in [0.15, 0.2) is 0 Å². The van der Waals surface area contributed by atoms with Gasteiger partial charge in [-0.2, -0.15) is 0 Å². The monoisotopic (exact) mass is 278 g/mol. The topological polar surface area (TPSA) is 107 Å². The molecule has 3 N–H and O–H groups in total. The van der Waals surface area contributed by atoms with E-state index in [-0.39, 0.29) is 12.1 Å². The summed E-state index contributed by atoms with van der Waals surface area (Å²) in [7, 11) is 0. The number of rotatable bonds is 2. The molecule has 106 valence electrons. The molecule has 2 rings (SSSR count). The first-order valence-electron chi connectivity index (χ1n) is 6.11. The van der Waals surface area contributed by atoms with E-state index in [1.807, 2.05) is 0 Å². The van der Waals surface area contributed by atoms with Gasteiger partial charge in [0, 0.05) is 0 Å². The number of carbonyl (C=O) groups is 3. The van der Waals surface area contributed by atoms with E-state index in [1.54, 1.807) is 6.92 Å². The standard InChI is InChI=1S/C13H14N2O5/c1-2-7-12(19)14-10(18)6-15(7)13(20)11-8(16)4-3-5-9(11)17/h3-5,7,16-17H,2,6H2,1H3,(H,14,18,19). The number of hydrogen-bond donors (Lipinski definition) is 3. The zero-order valence-corrected chi connectivity index (χ0v) is 10.8. The molecule has 1 aromatic carbocycles. The first-order valence-corrected chi connectivity index (χ1v) is 6.11. The number of phenols is 2. The Labute approximate surface area is 114 Å². The highest BCUT2D eigenvalue weighted by atomic mass is 16.3. The second kappa shape index (κ2) is 5.20. The van der Waals surface area contributed by atoms with E-state index in [0.717, 1.165) is 4.90 Å². The fourth-order valence-electron chi connectivity index (χ4n) is 2.18. The van der Waals surface area contributed by atoms with Gasteiger partial charge in [-0.3, -0.25) is 19.7 Å². The highest BCUT2D eigenvalue weighted by Crippen LogP contribution is 2.29. The third-order valence-corrected chi connectivity index (χ3v) is 3.14. The molecule has 3 amide bonds. The lowest BCUT2D eigenvalue weighted by Crippen LogP contribution is -2.59. The molecule has 0 saturated carbocycles. The molecular formula is C13H14N2O5. The summed E-state index contributed by atoms with van der Waals surface area (Å²) in [5.74, 6) is -2.71. The van der Waals surface area contributed by atoms with E-state index < -0.39 is 35.3 Å². The number of nitrogens with zero attached hydrogens (tertiary/aromatic N) is 1. The number of carbonyl (C=O) groups excluding carboxylic acids is 3. The molecule has 1 unspecified atom stereocenters. The summed E-state index contributed by atoms with van der Waals surface area (Å²) in [6.45, 7) is 1.40. The van der Waals surface area contributed by atoms with Crippen molar-refractivity contribution in [3.63, 3.8) is 0 Å². The van der Waals surface area contributed by atoms with E-state index in [9.17, 15) is 24.6 Å². The predicted octanol–water partition coefficient (Wildman–Crippen LogP) is -0.0250. The zero-order chi connectivity index (χ0) is 14.9. The van der Waals surface area contributed by atoms with Crippen LogP contribution in [0.3, 0.4) is 0 Å². The van der Waals surface area contributed by atoms with Crippen molar-refractivity contribution >= 4 is 17.7 Å². The molecule has 0 aromatic heterocycles. The maximum absolute atomic E-state index is 12.4. The number of benzene rings is 1. The molecule has 1 fully saturated rings. The van der Waals surface area contributed by atoms with Crippen LogP contribution in [-0.2, 0) is 9.59 Å². The average Bonchev–Trinajstić information content (AvgIpc) is 2.37. The third kappa shape index (κ3) is 2.29. The highest BCUT2D eigenvalue weighted by molar-refractivity contribution is 6.08. The second-order valence-electron chi connectivity index (χ2n) is 4.44. The fraction of sp³-hybridized carbons (Fsp3) is 0.308. The van der Waals surface area contributed by atoms with Crippen LogP contribution in [0.25, 0.3) is 0 Å². The van der Waals surface area contributed by atoms with Crippen LogP contribution in [0, 0.1) is 0 Å². The van der Waals surface area contributed by atoms with Crippen LogP contribution >= 0.6 is 0 Å². The predicted molar refractivity (Wildman–Crippen MR) is 68.0 cm³/mol. The number of piperazine rings is 1. The van der Waals surface area contributed by atoms with E-state index >= 15 is 0 Å². The molecule has 1 heterocycles. The van der Waals surface area contributed by atoms with Crippen molar-refractivity contribution in [1.29, 1.82) is 0 Å². The Morgan fingerprint density at radius 3 is 2.50 bits per heavy atom. The Hall–Kier alpha value is -2.57. The van der Waals surface area contributed by atoms with E-state index in [4.69, 9.17) is 0 Å². The second-order valence-corrected chi connectivity index (χ2v) is 4.44. The minimum atomic E-state index is -0.806.